The van der Waals surface area contributed by atoms with Crippen molar-refractivity contribution < 1.29 is 23.6 Å². The molecule has 1 aromatic heterocycles. The summed E-state index contributed by atoms with van der Waals surface area (Å²) >= 11 is 0. The van der Waals surface area contributed by atoms with Gasteiger partial charge in [-0.05, 0) is 49.2 Å². The van der Waals surface area contributed by atoms with Crippen LogP contribution in [0.2, 0.25) is 0 Å². The third-order valence-corrected chi connectivity index (χ3v) is 5.49. The molecule has 0 spiro atoms. The Bertz CT molecular complexity index is 1340. The lowest BCUT2D eigenvalue weighted by molar-refractivity contribution is -0.384. The number of halogens is 1. The molecular weight excluding hydrogens is 457 g/mol. The smallest absolute Gasteiger partial charge is 0.338 e. The van der Waals surface area contributed by atoms with Gasteiger partial charge in [0, 0.05) is 25.4 Å². The van der Waals surface area contributed by atoms with Gasteiger partial charge in [0.05, 0.1) is 16.1 Å². The molecule has 0 aliphatic carbocycles. The zero-order valence-electron chi connectivity index (χ0n) is 19.2. The van der Waals surface area contributed by atoms with Crippen LogP contribution in [-0.4, -0.2) is 35.0 Å². The van der Waals surface area contributed by atoms with E-state index in [1.165, 1.54) is 31.3 Å². The van der Waals surface area contributed by atoms with Gasteiger partial charge >= 0.3 is 5.97 Å². The third-order valence-electron chi connectivity index (χ3n) is 5.49. The third kappa shape index (κ3) is 5.44. The predicted molar refractivity (Wildman–Crippen MR) is 126 cm³/mol. The molecule has 0 radical (unpaired) electrons. The van der Waals surface area contributed by atoms with Crippen molar-refractivity contribution in [3.8, 4) is 6.07 Å². The Hall–Kier alpha value is -4.72. The number of carbonyl (C=O) groups is 2. The highest BCUT2D eigenvalue weighted by atomic mass is 19.1. The molecular formula is C24H22FN5O5. The number of nitro benzene ring substituents is 1. The summed E-state index contributed by atoms with van der Waals surface area (Å²) in [5.41, 5.74) is 2.22. The van der Waals surface area contributed by atoms with E-state index in [0.29, 0.717) is 5.56 Å². The van der Waals surface area contributed by atoms with E-state index >= 15 is 0 Å². The van der Waals surface area contributed by atoms with Crippen molar-refractivity contribution >= 4 is 29.1 Å². The normalized spacial score (nSPS) is 10.4. The number of benzene rings is 2. The zero-order valence-corrected chi connectivity index (χ0v) is 19.2. The molecule has 0 fully saturated rings. The fraction of sp³-hybridized carbons (Fsp3) is 0.208. The van der Waals surface area contributed by atoms with Crippen molar-refractivity contribution in [1.29, 1.82) is 5.26 Å². The molecule has 0 saturated heterocycles. The van der Waals surface area contributed by atoms with Crippen LogP contribution in [0, 0.1) is 41.1 Å². The minimum absolute atomic E-state index is 0.0902. The molecule has 1 heterocycles. The molecule has 0 saturated carbocycles. The second kappa shape index (κ2) is 10.5. The molecule has 3 rings (SSSR count). The molecule has 0 unspecified atom stereocenters. The standard InChI is InChI=1S/C24H22FN5O5/c1-14-15(2)29(12-16-4-7-18(25)8-5-16)23(19(14)11-26)28-22(31)13-35-24(32)17-6-9-20(27-3)21(10-17)30(33)34/h4-10,27H,12-13H2,1-3H3,(H,28,31). The number of hydrogen-bond acceptors (Lipinski definition) is 7. The SMILES string of the molecule is CNc1ccc(C(=O)OCC(=O)Nc2c(C#N)c(C)c(C)n2Cc2ccc(F)cc2)cc1[N+](=O)[O-]. The van der Waals surface area contributed by atoms with Gasteiger partial charge in [-0.3, -0.25) is 14.9 Å². The summed E-state index contributed by atoms with van der Waals surface area (Å²) in [4.78, 5) is 35.5. The quantitative estimate of drug-likeness (QED) is 0.284. The second-order valence-corrected chi connectivity index (χ2v) is 7.62. The molecule has 2 aromatic carbocycles. The molecule has 35 heavy (non-hydrogen) atoms. The Labute approximate surface area is 200 Å². The highest BCUT2D eigenvalue weighted by Crippen LogP contribution is 2.28. The number of ether oxygens (including phenoxy) is 1. The van der Waals surface area contributed by atoms with E-state index in [2.05, 4.69) is 16.7 Å². The lowest BCUT2D eigenvalue weighted by Crippen LogP contribution is -2.23. The number of hydrogen-bond donors (Lipinski definition) is 2. The van der Waals surface area contributed by atoms with E-state index in [1.807, 2.05) is 0 Å². The molecule has 0 atom stereocenters. The summed E-state index contributed by atoms with van der Waals surface area (Å²) < 4.78 is 20.0. The topological polar surface area (TPSA) is 139 Å². The lowest BCUT2D eigenvalue weighted by Gasteiger charge is -2.13. The summed E-state index contributed by atoms with van der Waals surface area (Å²) in [6.07, 6.45) is 0. The summed E-state index contributed by atoms with van der Waals surface area (Å²) in [5, 5.41) is 26.1. The number of esters is 1. The number of carbonyl (C=O) groups excluding carboxylic acids is 2. The van der Waals surface area contributed by atoms with E-state index < -0.39 is 23.4 Å². The Balaban J connectivity index is 1.76. The van der Waals surface area contributed by atoms with Crippen LogP contribution in [0.4, 0.5) is 21.6 Å². The van der Waals surface area contributed by atoms with E-state index in [1.54, 1.807) is 30.5 Å². The Morgan fingerprint density at radius 1 is 1.20 bits per heavy atom. The molecule has 10 nitrogen and oxygen atoms in total. The Kier molecular flexibility index (Phi) is 7.46. The van der Waals surface area contributed by atoms with Gasteiger partial charge in [0.15, 0.2) is 6.61 Å². The van der Waals surface area contributed by atoms with Crippen LogP contribution in [0.5, 0.6) is 0 Å². The van der Waals surface area contributed by atoms with Crippen molar-refractivity contribution in [3.63, 3.8) is 0 Å². The van der Waals surface area contributed by atoms with Crippen LogP contribution >= 0.6 is 0 Å². The van der Waals surface area contributed by atoms with Gasteiger partial charge in [-0.1, -0.05) is 12.1 Å². The molecule has 3 aromatic rings. The van der Waals surface area contributed by atoms with Gasteiger partial charge in [0.25, 0.3) is 11.6 Å². The maximum Gasteiger partial charge on any atom is 0.338 e. The summed E-state index contributed by atoms with van der Waals surface area (Å²) in [6.45, 7) is 3.13. The van der Waals surface area contributed by atoms with E-state index in [-0.39, 0.29) is 40.7 Å². The molecule has 180 valence electrons. The van der Waals surface area contributed by atoms with Crippen molar-refractivity contribution in [1.82, 2.24) is 4.57 Å². The van der Waals surface area contributed by atoms with Gasteiger partial charge < -0.3 is 19.9 Å². The number of anilines is 2. The largest absolute Gasteiger partial charge is 0.452 e. The number of nitriles is 1. The minimum atomic E-state index is -0.916. The van der Waals surface area contributed by atoms with Crippen molar-refractivity contribution in [3.05, 3.63) is 86.3 Å². The molecule has 0 aliphatic heterocycles. The first-order chi connectivity index (χ1) is 16.7. The van der Waals surface area contributed by atoms with Crippen LogP contribution in [0.3, 0.4) is 0 Å². The van der Waals surface area contributed by atoms with Crippen LogP contribution < -0.4 is 10.6 Å². The monoisotopic (exact) mass is 479 g/mol. The number of nitrogens with zero attached hydrogens (tertiary/aromatic N) is 3. The van der Waals surface area contributed by atoms with E-state index in [4.69, 9.17) is 4.74 Å². The van der Waals surface area contributed by atoms with E-state index in [9.17, 15) is 29.4 Å². The molecule has 0 bridgehead atoms. The molecule has 0 aliphatic rings. The van der Waals surface area contributed by atoms with Crippen LogP contribution in [0.1, 0.15) is 32.7 Å². The van der Waals surface area contributed by atoms with Crippen molar-refractivity contribution in [2.24, 2.45) is 0 Å². The zero-order chi connectivity index (χ0) is 25.7. The number of nitro groups is 1. The first-order valence-corrected chi connectivity index (χ1v) is 10.4. The summed E-state index contributed by atoms with van der Waals surface area (Å²) in [6, 6.07) is 11.7. The number of rotatable bonds is 8. The number of amides is 1. The van der Waals surface area contributed by atoms with Gasteiger partial charge in [-0.25, -0.2) is 9.18 Å². The minimum Gasteiger partial charge on any atom is -0.452 e. The number of aromatic nitrogens is 1. The first kappa shape index (κ1) is 24.9. The second-order valence-electron chi connectivity index (χ2n) is 7.62. The lowest BCUT2D eigenvalue weighted by atomic mass is 10.1. The maximum atomic E-state index is 13.3. The Morgan fingerprint density at radius 3 is 2.49 bits per heavy atom. The van der Waals surface area contributed by atoms with Gasteiger partial charge in [0.2, 0.25) is 0 Å². The molecule has 1 amide bonds. The van der Waals surface area contributed by atoms with Crippen molar-refractivity contribution in [2.45, 2.75) is 20.4 Å². The van der Waals surface area contributed by atoms with Gasteiger partial charge in [0.1, 0.15) is 23.4 Å². The molecule has 11 heteroatoms. The predicted octanol–water partition coefficient (Wildman–Crippen LogP) is 3.91. The van der Waals surface area contributed by atoms with Gasteiger partial charge in [-0.2, -0.15) is 5.26 Å². The fourth-order valence-corrected chi connectivity index (χ4v) is 3.50. The summed E-state index contributed by atoms with van der Waals surface area (Å²) in [5.74, 6) is -1.77. The van der Waals surface area contributed by atoms with Crippen molar-refractivity contribution in [2.75, 3.05) is 24.3 Å². The average Bonchev–Trinajstić information content (AvgIpc) is 3.06. The fourth-order valence-electron chi connectivity index (χ4n) is 3.50. The Morgan fingerprint density at radius 2 is 1.89 bits per heavy atom. The first-order valence-electron chi connectivity index (χ1n) is 10.4. The van der Waals surface area contributed by atoms with E-state index in [0.717, 1.165) is 17.3 Å². The highest BCUT2D eigenvalue weighted by Gasteiger charge is 2.22. The summed E-state index contributed by atoms with van der Waals surface area (Å²) in [7, 11) is 1.51. The maximum absolute atomic E-state index is 13.3. The average molecular weight is 479 g/mol. The highest BCUT2D eigenvalue weighted by molar-refractivity contribution is 5.96. The van der Waals surface area contributed by atoms with Crippen LogP contribution in [0.25, 0.3) is 0 Å². The van der Waals surface area contributed by atoms with Gasteiger partial charge in [-0.15, -0.1) is 0 Å². The van der Waals surface area contributed by atoms with Crippen LogP contribution in [-0.2, 0) is 16.1 Å². The number of nitrogens with one attached hydrogen (secondary N) is 2. The molecule has 2 N–H and O–H groups in total. The van der Waals surface area contributed by atoms with Crippen LogP contribution in [0.15, 0.2) is 42.5 Å².